The minimum Gasteiger partial charge on any atom is -0.451 e. The molecule has 0 saturated heterocycles. The molecule has 0 spiro atoms. The zero-order chi connectivity index (χ0) is 11.4. The zero-order valence-corrected chi connectivity index (χ0v) is 8.94. The molecule has 0 aromatic carbocycles. The summed E-state index contributed by atoms with van der Waals surface area (Å²) in [4.78, 5) is 19.2. The lowest BCUT2D eigenvalue weighted by atomic mass is 10.3. The highest BCUT2D eigenvalue weighted by atomic mass is 35.5. The smallest absolute Gasteiger partial charge is 0.273 e. The van der Waals surface area contributed by atoms with Gasteiger partial charge in [0.2, 0.25) is 0 Å². The summed E-state index contributed by atoms with van der Waals surface area (Å²) >= 11 is 5.88. The van der Waals surface area contributed by atoms with Gasteiger partial charge in [0.05, 0.1) is 17.3 Å². The predicted octanol–water partition coefficient (Wildman–Crippen LogP) is 1.65. The van der Waals surface area contributed by atoms with Gasteiger partial charge >= 0.3 is 0 Å². The fourth-order valence-electron chi connectivity index (χ4n) is 1.13. The van der Waals surface area contributed by atoms with Crippen molar-refractivity contribution >= 4 is 17.5 Å². The summed E-state index contributed by atoms with van der Waals surface area (Å²) in [5.41, 5.74) is 0.841. The van der Waals surface area contributed by atoms with E-state index in [1.54, 1.807) is 18.3 Å². The van der Waals surface area contributed by atoms with E-state index < -0.39 is 0 Å². The molecule has 0 bridgehead atoms. The first kappa shape index (κ1) is 10.6. The van der Waals surface area contributed by atoms with Crippen molar-refractivity contribution in [3.8, 4) is 0 Å². The summed E-state index contributed by atoms with van der Waals surface area (Å²) in [5.74, 6) is -0.324. The molecule has 0 aliphatic rings. The Morgan fingerprint density at radius 2 is 2.38 bits per heavy atom. The molecule has 5 nitrogen and oxygen atoms in total. The number of aromatic nitrogens is 2. The number of hydrogen-bond acceptors (Lipinski definition) is 4. The third kappa shape index (κ3) is 2.38. The summed E-state index contributed by atoms with van der Waals surface area (Å²) < 4.78 is 4.70. The van der Waals surface area contributed by atoms with Crippen molar-refractivity contribution in [1.29, 1.82) is 0 Å². The van der Waals surface area contributed by atoms with Crippen molar-refractivity contribution in [3.05, 3.63) is 47.4 Å². The second-order valence-electron chi connectivity index (χ2n) is 2.99. The standard InChI is InChI=1S/C10H8ClN3O2/c11-7-2-1-3-12-8(7)4-13-10(15)9-5-16-6-14-9/h1-3,5-6H,4H2,(H,13,15). The van der Waals surface area contributed by atoms with Crippen LogP contribution in [0, 0.1) is 0 Å². The lowest BCUT2D eigenvalue weighted by Crippen LogP contribution is -2.23. The Labute approximate surface area is 96.5 Å². The minimum absolute atomic E-state index is 0.229. The third-order valence-electron chi connectivity index (χ3n) is 1.92. The van der Waals surface area contributed by atoms with Crippen LogP contribution < -0.4 is 5.32 Å². The van der Waals surface area contributed by atoms with Gasteiger partial charge < -0.3 is 9.73 Å². The zero-order valence-electron chi connectivity index (χ0n) is 8.18. The number of rotatable bonds is 3. The van der Waals surface area contributed by atoms with Crippen LogP contribution in [0.2, 0.25) is 5.02 Å². The van der Waals surface area contributed by atoms with Gasteiger partial charge in [-0.3, -0.25) is 9.78 Å². The Balaban J connectivity index is 1.98. The Kier molecular flexibility index (Phi) is 3.16. The molecule has 0 unspecified atom stereocenters. The lowest BCUT2D eigenvalue weighted by molar-refractivity contribution is 0.0945. The van der Waals surface area contributed by atoms with E-state index in [9.17, 15) is 4.79 Å². The van der Waals surface area contributed by atoms with Crippen LogP contribution in [-0.2, 0) is 6.54 Å². The lowest BCUT2D eigenvalue weighted by Gasteiger charge is -2.03. The van der Waals surface area contributed by atoms with Gasteiger partial charge in [0.1, 0.15) is 6.26 Å². The van der Waals surface area contributed by atoms with E-state index in [1.807, 2.05) is 0 Å². The highest BCUT2D eigenvalue weighted by molar-refractivity contribution is 6.31. The van der Waals surface area contributed by atoms with Crippen LogP contribution >= 0.6 is 11.6 Å². The number of nitrogens with one attached hydrogen (secondary N) is 1. The minimum atomic E-state index is -0.324. The van der Waals surface area contributed by atoms with Gasteiger partial charge in [-0.05, 0) is 12.1 Å². The summed E-state index contributed by atoms with van der Waals surface area (Å²) in [7, 11) is 0. The molecular weight excluding hydrogens is 230 g/mol. The Morgan fingerprint density at radius 3 is 3.06 bits per heavy atom. The molecule has 0 saturated carbocycles. The second-order valence-corrected chi connectivity index (χ2v) is 3.40. The Bertz CT molecular complexity index is 485. The van der Waals surface area contributed by atoms with E-state index in [0.717, 1.165) is 0 Å². The van der Waals surface area contributed by atoms with Crippen molar-refractivity contribution in [3.63, 3.8) is 0 Å². The van der Waals surface area contributed by atoms with Gasteiger partial charge in [0, 0.05) is 6.20 Å². The molecule has 0 aliphatic heterocycles. The largest absolute Gasteiger partial charge is 0.451 e. The molecule has 1 N–H and O–H groups in total. The second kappa shape index (κ2) is 4.76. The average molecular weight is 238 g/mol. The molecule has 0 aliphatic carbocycles. The van der Waals surface area contributed by atoms with Crippen LogP contribution in [0.15, 0.2) is 35.4 Å². The molecule has 0 atom stereocenters. The number of amides is 1. The molecule has 82 valence electrons. The van der Waals surface area contributed by atoms with Crippen LogP contribution in [0.3, 0.4) is 0 Å². The van der Waals surface area contributed by atoms with Crippen LogP contribution in [0.4, 0.5) is 0 Å². The van der Waals surface area contributed by atoms with E-state index >= 15 is 0 Å². The van der Waals surface area contributed by atoms with Crippen molar-refractivity contribution < 1.29 is 9.21 Å². The maximum atomic E-state index is 11.5. The molecule has 0 radical (unpaired) electrons. The summed E-state index contributed by atoms with van der Waals surface area (Å²) in [6, 6.07) is 3.44. The number of hydrogen-bond donors (Lipinski definition) is 1. The Hall–Kier alpha value is -1.88. The first-order valence-corrected chi connectivity index (χ1v) is 4.91. The van der Waals surface area contributed by atoms with Gasteiger partial charge in [-0.1, -0.05) is 11.6 Å². The maximum Gasteiger partial charge on any atom is 0.273 e. The highest BCUT2D eigenvalue weighted by Gasteiger charge is 2.09. The number of carbonyl (C=O) groups is 1. The maximum absolute atomic E-state index is 11.5. The van der Waals surface area contributed by atoms with Gasteiger partial charge in [-0.2, -0.15) is 0 Å². The third-order valence-corrected chi connectivity index (χ3v) is 2.26. The van der Waals surface area contributed by atoms with Crippen LogP contribution in [0.25, 0.3) is 0 Å². The Morgan fingerprint density at radius 1 is 1.50 bits per heavy atom. The summed E-state index contributed by atoms with van der Waals surface area (Å²) in [5, 5.41) is 3.15. The highest BCUT2D eigenvalue weighted by Crippen LogP contribution is 2.11. The first-order valence-electron chi connectivity index (χ1n) is 4.53. The van der Waals surface area contributed by atoms with Gasteiger partial charge in [-0.25, -0.2) is 4.98 Å². The van der Waals surface area contributed by atoms with Crippen LogP contribution in [0.1, 0.15) is 16.2 Å². The molecule has 2 heterocycles. The number of oxazole rings is 1. The van der Waals surface area contributed by atoms with E-state index in [1.165, 1.54) is 12.7 Å². The fraction of sp³-hybridized carbons (Fsp3) is 0.100. The quantitative estimate of drug-likeness (QED) is 0.882. The first-order chi connectivity index (χ1) is 7.77. The topological polar surface area (TPSA) is 68.0 Å². The molecule has 0 fully saturated rings. The molecule has 1 amide bonds. The van der Waals surface area contributed by atoms with Crippen LogP contribution in [-0.4, -0.2) is 15.9 Å². The molecule has 2 aromatic heterocycles. The number of halogens is 1. The average Bonchev–Trinajstić information content (AvgIpc) is 2.81. The van der Waals surface area contributed by atoms with Crippen molar-refractivity contribution in [1.82, 2.24) is 15.3 Å². The van der Waals surface area contributed by atoms with Crippen molar-refractivity contribution in [2.24, 2.45) is 0 Å². The molecule has 16 heavy (non-hydrogen) atoms. The van der Waals surface area contributed by atoms with E-state index in [-0.39, 0.29) is 18.1 Å². The SMILES string of the molecule is O=C(NCc1ncccc1Cl)c1cocn1. The summed E-state index contributed by atoms with van der Waals surface area (Å²) in [6.07, 6.45) is 4.08. The van der Waals surface area contributed by atoms with Crippen molar-refractivity contribution in [2.45, 2.75) is 6.54 Å². The van der Waals surface area contributed by atoms with Gasteiger partial charge in [0.25, 0.3) is 5.91 Å². The van der Waals surface area contributed by atoms with E-state index in [0.29, 0.717) is 10.7 Å². The summed E-state index contributed by atoms with van der Waals surface area (Å²) in [6.45, 7) is 0.255. The fourth-order valence-corrected chi connectivity index (χ4v) is 1.32. The molecular formula is C10H8ClN3O2. The molecule has 6 heteroatoms. The number of nitrogens with zero attached hydrogens (tertiary/aromatic N) is 2. The number of carbonyl (C=O) groups excluding carboxylic acids is 1. The number of pyridine rings is 1. The monoisotopic (exact) mass is 237 g/mol. The van der Waals surface area contributed by atoms with Crippen LogP contribution in [0.5, 0.6) is 0 Å². The van der Waals surface area contributed by atoms with Crippen molar-refractivity contribution in [2.75, 3.05) is 0 Å². The molecule has 2 aromatic rings. The van der Waals surface area contributed by atoms with Gasteiger partial charge in [-0.15, -0.1) is 0 Å². The molecule has 2 rings (SSSR count). The van der Waals surface area contributed by atoms with Gasteiger partial charge in [0.15, 0.2) is 12.1 Å². The van der Waals surface area contributed by atoms with E-state index in [4.69, 9.17) is 16.0 Å². The van der Waals surface area contributed by atoms with E-state index in [2.05, 4.69) is 15.3 Å². The predicted molar refractivity (Wildman–Crippen MR) is 56.9 cm³/mol. The normalized spacial score (nSPS) is 10.1.